The molecule has 0 aliphatic carbocycles. The van der Waals surface area contributed by atoms with Gasteiger partial charge in [-0.25, -0.2) is 0 Å². The average Bonchev–Trinajstić information content (AvgIpc) is 2.55. The molecule has 0 saturated heterocycles. The van der Waals surface area contributed by atoms with E-state index in [9.17, 15) is 5.11 Å². The summed E-state index contributed by atoms with van der Waals surface area (Å²) in [6, 6.07) is 7.66. The van der Waals surface area contributed by atoms with E-state index in [1.165, 1.54) is 0 Å². The van der Waals surface area contributed by atoms with Gasteiger partial charge in [0.1, 0.15) is 0 Å². The second-order valence-corrected chi connectivity index (χ2v) is 5.32. The number of ether oxygens (including phenoxy) is 2. The third kappa shape index (κ3) is 5.56. The average molecular weight is 295 g/mol. The Bertz CT molecular complexity index is 391. The third-order valence-electron chi connectivity index (χ3n) is 3.86. The van der Waals surface area contributed by atoms with Gasteiger partial charge in [0.05, 0.1) is 20.3 Å². The van der Waals surface area contributed by atoms with E-state index in [1.54, 1.807) is 7.11 Å². The fraction of sp³-hybridized carbons (Fsp3) is 0.647. The van der Waals surface area contributed by atoms with Crippen molar-refractivity contribution in [3.63, 3.8) is 0 Å². The van der Waals surface area contributed by atoms with Crippen LogP contribution < -0.4 is 14.8 Å². The standard InChI is InChI=1S/C17H29NO3/c1-4-12-18-17(5-2,14-19)11-8-13-21-16-10-7-6-9-15(16)20-3/h6-7,9-10,18-19H,4-5,8,11-14H2,1-3H3. The lowest BCUT2D eigenvalue weighted by Gasteiger charge is -2.32. The molecule has 2 N–H and O–H groups in total. The molecule has 1 rings (SSSR count). The molecule has 1 aromatic carbocycles. The topological polar surface area (TPSA) is 50.7 Å². The van der Waals surface area contributed by atoms with Gasteiger partial charge in [-0.2, -0.15) is 0 Å². The predicted molar refractivity (Wildman–Crippen MR) is 86.1 cm³/mol. The molecule has 0 saturated carbocycles. The molecule has 1 aromatic rings. The summed E-state index contributed by atoms with van der Waals surface area (Å²) in [5.74, 6) is 1.53. The van der Waals surface area contributed by atoms with Crippen LogP contribution in [0.2, 0.25) is 0 Å². The molecule has 0 spiro atoms. The molecule has 120 valence electrons. The maximum Gasteiger partial charge on any atom is 0.161 e. The maximum atomic E-state index is 9.68. The van der Waals surface area contributed by atoms with Gasteiger partial charge in [-0.15, -0.1) is 0 Å². The van der Waals surface area contributed by atoms with Crippen molar-refractivity contribution < 1.29 is 14.6 Å². The molecule has 0 heterocycles. The molecule has 0 aromatic heterocycles. The van der Waals surface area contributed by atoms with E-state index < -0.39 is 0 Å². The van der Waals surface area contributed by atoms with Gasteiger partial charge in [-0.1, -0.05) is 26.0 Å². The molecule has 21 heavy (non-hydrogen) atoms. The van der Waals surface area contributed by atoms with Crippen LogP contribution in [0.4, 0.5) is 0 Å². The van der Waals surface area contributed by atoms with Gasteiger partial charge >= 0.3 is 0 Å². The highest BCUT2D eigenvalue weighted by Gasteiger charge is 2.25. The molecule has 0 fully saturated rings. The molecule has 0 aliphatic heterocycles. The van der Waals surface area contributed by atoms with Crippen LogP contribution in [0.1, 0.15) is 39.5 Å². The van der Waals surface area contributed by atoms with Crippen molar-refractivity contribution >= 4 is 0 Å². The quantitative estimate of drug-likeness (QED) is 0.616. The van der Waals surface area contributed by atoms with Crippen LogP contribution in [-0.2, 0) is 0 Å². The maximum absolute atomic E-state index is 9.68. The summed E-state index contributed by atoms with van der Waals surface area (Å²) in [6.07, 6.45) is 3.77. The monoisotopic (exact) mass is 295 g/mol. The molecule has 0 aliphatic rings. The lowest BCUT2D eigenvalue weighted by atomic mass is 9.91. The Hall–Kier alpha value is -1.26. The lowest BCUT2D eigenvalue weighted by Crippen LogP contribution is -2.48. The Kier molecular flexibility index (Phi) is 8.16. The van der Waals surface area contributed by atoms with E-state index in [0.29, 0.717) is 6.61 Å². The van der Waals surface area contributed by atoms with Crippen LogP contribution in [0.3, 0.4) is 0 Å². The van der Waals surface area contributed by atoms with Gasteiger partial charge in [0.15, 0.2) is 11.5 Å². The van der Waals surface area contributed by atoms with E-state index in [4.69, 9.17) is 9.47 Å². The van der Waals surface area contributed by atoms with Gasteiger partial charge in [0.25, 0.3) is 0 Å². The fourth-order valence-electron chi connectivity index (χ4n) is 2.36. The highest BCUT2D eigenvalue weighted by Crippen LogP contribution is 2.26. The minimum atomic E-state index is -0.180. The lowest BCUT2D eigenvalue weighted by molar-refractivity contribution is 0.137. The molecule has 1 unspecified atom stereocenters. The fourth-order valence-corrected chi connectivity index (χ4v) is 2.36. The summed E-state index contributed by atoms with van der Waals surface area (Å²) in [5, 5.41) is 13.2. The SMILES string of the molecule is CCCNC(CC)(CO)CCCOc1ccccc1OC. The van der Waals surface area contributed by atoms with Gasteiger partial charge in [0.2, 0.25) is 0 Å². The molecular formula is C17H29NO3. The number of aliphatic hydroxyl groups excluding tert-OH is 1. The largest absolute Gasteiger partial charge is 0.493 e. The minimum Gasteiger partial charge on any atom is -0.493 e. The third-order valence-corrected chi connectivity index (χ3v) is 3.86. The zero-order valence-corrected chi connectivity index (χ0v) is 13.5. The summed E-state index contributed by atoms with van der Waals surface area (Å²) in [6.45, 7) is 5.96. The van der Waals surface area contributed by atoms with Crippen molar-refractivity contribution in [2.45, 2.75) is 45.1 Å². The zero-order valence-electron chi connectivity index (χ0n) is 13.5. The van der Waals surface area contributed by atoms with Crippen LogP contribution in [0.25, 0.3) is 0 Å². The highest BCUT2D eigenvalue weighted by molar-refractivity contribution is 5.39. The van der Waals surface area contributed by atoms with Gasteiger partial charge in [-0.05, 0) is 44.4 Å². The number of rotatable bonds is 11. The summed E-state index contributed by atoms with van der Waals surface area (Å²) in [4.78, 5) is 0. The van der Waals surface area contributed by atoms with Crippen LogP contribution >= 0.6 is 0 Å². The second-order valence-electron chi connectivity index (χ2n) is 5.32. The van der Waals surface area contributed by atoms with Crippen molar-refractivity contribution in [2.75, 3.05) is 26.9 Å². The molecular weight excluding hydrogens is 266 g/mol. The number of para-hydroxylation sites is 2. The normalized spacial score (nSPS) is 13.7. The van der Waals surface area contributed by atoms with Crippen LogP contribution in [0.15, 0.2) is 24.3 Å². The van der Waals surface area contributed by atoms with E-state index >= 15 is 0 Å². The first-order valence-corrected chi connectivity index (χ1v) is 7.83. The first-order valence-electron chi connectivity index (χ1n) is 7.83. The summed E-state index contributed by atoms with van der Waals surface area (Å²) < 4.78 is 11.0. The summed E-state index contributed by atoms with van der Waals surface area (Å²) >= 11 is 0. The Balaban J connectivity index is 2.43. The van der Waals surface area contributed by atoms with E-state index in [2.05, 4.69) is 19.2 Å². The van der Waals surface area contributed by atoms with Crippen molar-refractivity contribution in [3.05, 3.63) is 24.3 Å². The van der Waals surface area contributed by atoms with Crippen molar-refractivity contribution in [3.8, 4) is 11.5 Å². The Morgan fingerprint density at radius 3 is 2.48 bits per heavy atom. The highest BCUT2D eigenvalue weighted by atomic mass is 16.5. The molecule has 4 heteroatoms. The number of hydrogen-bond acceptors (Lipinski definition) is 4. The van der Waals surface area contributed by atoms with E-state index in [0.717, 1.165) is 43.7 Å². The minimum absolute atomic E-state index is 0.165. The first-order chi connectivity index (χ1) is 10.2. The molecule has 0 radical (unpaired) electrons. The zero-order chi connectivity index (χ0) is 15.6. The van der Waals surface area contributed by atoms with Crippen LogP contribution in [0, 0.1) is 0 Å². The van der Waals surface area contributed by atoms with Crippen molar-refractivity contribution in [1.82, 2.24) is 5.32 Å². The van der Waals surface area contributed by atoms with Crippen molar-refractivity contribution in [1.29, 1.82) is 0 Å². The van der Waals surface area contributed by atoms with Crippen LogP contribution in [-0.4, -0.2) is 37.5 Å². The number of nitrogens with one attached hydrogen (secondary N) is 1. The van der Waals surface area contributed by atoms with Crippen LogP contribution in [0.5, 0.6) is 11.5 Å². The number of methoxy groups -OCH3 is 1. The van der Waals surface area contributed by atoms with E-state index in [1.807, 2.05) is 24.3 Å². The second kappa shape index (κ2) is 9.64. The first kappa shape index (κ1) is 17.8. The Morgan fingerprint density at radius 1 is 1.19 bits per heavy atom. The molecule has 0 amide bonds. The van der Waals surface area contributed by atoms with Gasteiger partial charge < -0.3 is 19.9 Å². The predicted octanol–water partition coefficient (Wildman–Crippen LogP) is 2.99. The summed E-state index contributed by atoms with van der Waals surface area (Å²) in [5.41, 5.74) is -0.180. The summed E-state index contributed by atoms with van der Waals surface area (Å²) in [7, 11) is 1.64. The van der Waals surface area contributed by atoms with E-state index in [-0.39, 0.29) is 12.1 Å². The number of aliphatic hydroxyl groups is 1. The smallest absolute Gasteiger partial charge is 0.161 e. The Morgan fingerprint density at radius 2 is 1.90 bits per heavy atom. The number of benzene rings is 1. The molecule has 1 atom stereocenters. The Labute approximate surface area is 128 Å². The molecule has 4 nitrogen and oxygen atoms in total. The van der Waals surface area contributed by atoms with Crippen molar-refractivity contribution in [2.24, 2.45) is 0 Å². The number of hydrogen-bond donors (Lipinski definition) is 2. The molecule has 0 bridgehead atoms. The van der Waals surface area contributed by atoms with Gasteiger partial charge in [-0.3, -0.25) is 0 Å². The van der Waals surface area contributed by atoms with Gasteiger partial charge in [0, 0.05) is 5.54 Å².